The Hall–Kier alpha value is -2.08. The van der Waals surface area contributed by atoms with Crippen molar-refractivity contribution in [2.75, 3.05) is 16.8 Å². The number of carbonyl (C=O) groups excluding carboxylic acids is 1. The van der Waals surface area contributed by atoms with Crippen LogP contribution in [0.25, 0.3) is 0 Å². The average Bonchev–Trinajstić information content (AvgIpc) is 2.32. The number of aromatic nitrogens is 1. The van der Waals surface area contributed by atoms with Crippen molar-refractivity contribution in [1.82, 2.24) is 4.98 Å². The molecule has 1 aromatic heterocycles. The average molecular weight is 321 g/mol. The number of rotatable bonds is 2. The number of hydrogen-bond donors (Lipinski definition) is 3. The minimum atomic E-state index is -0.298. The molecular formula is C13H13BrN4O. The number of hydrogen-bond acceptors (Lipinski definition) is 4. The first-order chi connectivity index (χ1) is 8.95. The van der Waals surface area contributed by atoms with Crippen molar-refractivity contribution in [1.29, 1.82) is 0 Å². The lowest BCUT2D eigenvalue weighted by Gasteiger charge is -2.07. The van der Waals surface area contributed by atoms with Crippen LogP contribution in [-0.4, -0.2) is 10.9 Å². The Morgan fingerprint density at radius 3 is 2.42 bits per heavy atom. The molecule has 6 heteroatoms. The van der Waals surface area contributed by atoms with Crippen LogP contribution < -0.4 is 16.8 Å². The quantitative estimate of drug-likeness (QED) is 0.741. The van der Waals surface area contributed by atoms with Gasteiger partial charge < -0.3 is 16.8 Å². The van der Waals surface area contributed by atoms with E-state index in [4.69, 9.17) is 11.5 Å². The summed E-state index contributed by atoms with van der Waals surface area (Å²) < 4.78 is 0.888. The molecule has 1 amide bonds. The largest absolute Gasteiger partial charge is 0.399 e. The van der Waals surface area contributed by atoms with Gasteiger partial charge in [-0.2, -0.15) is 0 Å². The molecule has 0 fully saturated rings. The summed E-state index contributed by atoms with van der Waals surface area (Å²) >= 11 is 3.35. The van der Waals surface area contributed by atoms with Crippen LogP contribution >= 0.6 is 15.9 Å². The summed E-state index contributed by atoms with van der Waals surface area (Å²) in [6.07, 6.45) is 1.64. The topological polar surface area (TPSA) is 94.0 Å². The van der Waals surface area contributed by atoms with Gasteiger partial charge in [-0.3, -0.25) is 4.79 Å². The van der Waals surface area contributed by atoms with Crippen molar-refractivity contribution in [3.8, 4) is 0 Å². The molecule has 0 unspecified atom stereocenters. The molecule has 1 heterocycles. The predicted octanol–water partition coefficient (Wildman–Crippen LogP) is 2.57. The Morgan fingerprint density at radius 1 is 1.21 bits per heavy atom. The van der Waals surface area contributed by atoms with Crippen LogP contribution in [0.2, 0.25) is 0 Å². The molecule has 0 saturated heterocycles. The monoisotopic (exact) mass is 320 g/mol. The number of anilines is 3. The Morgan fingerprint density at radius 2 is 1.84 bits per heavy atom. The minimum absolute atomic E-state index is 0.298. The third-order valence-electron chi connectivity index (χ3n) is 2.53. The molecule has 0 spiro atoms. The molecule has 0 atom stereocenters. The van der Waals surface area contributed by atoms with Crippen LogP contribution in [0.5, 0.6) is 0 Å². The van der Waals surface area contributed by atoms with Gasteiger partial charge in [0, 0.05) is 27.6 Å². The molecule has 0 aliphatic carbocycles. The van der Waals surface area contributed by atoms with Gasteiger partial charge >= 0.3 is 0 Å². The predicted molar refractivity (Wildman–Crippen MR) is 79.9 cm³/mol. The van der Waals surface area contributed by atoms with E-state index in [0.717, 1.165) is 10.0 Å². The summed E-state index contributed by atoms with van der Waals surface area (Å²) in [4.78, 5) is 16.1. The Kier molecular flexibility index (Phi) is 3.71. The van der Waals surface area contributed by atoms with Crippen molar-refractivity contribution in [2.24, 2.45) is 0 Å². The highest BCUT2D eigenvalue weighted by Crippen LogP contribution is 2.19. The van der Waals surface area contributed by atoms with E-state index < -0.39 is 0 Å². The number of aryl methyl sites for hydroxylation is 1. The zero-order valence-corrected chi connectivity index (χ0v) is 11.9. The smallest absolute Gasteiger partial charge is 0.256 e. The number of carbonyl (C=O) groups is 1. The molecule has 5 N–H and O–H groups in total. The Bertz CT molecular complexity index is 622. The van der Waals surface area contributed by atoms with E-state index >= 15 is 0 Å². The first kappa shape index (κ1) is 13.4. The molecule has 19 heavy (non-hydrogen) atoms. The number of nitrogens with zero attached hydrogens (tertiary/aromatic N) is 1. The molecule has 0 aliphatic rings. The highest BCUT2D eigenvalue weighted by molar-refractivity contribution is 9.10. The number of nitrogen functional groups attached to an aromatic ring is 2. The van der Waals surface area contributed by atoms with Gasteiger partial charge in [0.05, 0.1) is 0 Å². The minimum Gasteiger partial charge on any atom is -0.399 e. The third-order valence-corrected chi connectivity index (χ3v) is 3.36. The molecule has 1 aromatic carbocycles. The van der Waals surface area contributed by atoms with Gasteiger partial charge in [-0.05, 0) is 52.7 Å². The van der Waals surface area contributed by atoms with E-state index in [9.17, 15) is 4.79 Å². The van der Waals surface area contributed by atoms with Gasteiger partial charge in [0.25, 0.3) is 5.91 Å². The number of benzene rings is 1. The van der Waals surface area contributed by atoms with Crippen LogP contribution in [0.4, 0.5) is 17.2 Å². The molecule has 0 aliphatic heterocycles. The number of pyridine rings is 1. The lowest BCUT2D eigenvalue weighted by Crippen LogP contribution is -2.13. The summed E-state index contributed by atoms with van der Waals surface area (Å²) in [5.74, 6) is 0.180. The maximum atomic E-state index is 12.0. The van der Waals surface area contributed by atoms with Crippen LogP contribution in [-0.2, 0) is 0 Å². The molecule has 0 bridgehead atoms. The fourth-order valence-electron chi connectivity index (χ4n) is 1.60. The van der Waals surface area contributed by atoms with Crippen molar-refractivity contribution in [2.45, 2.75) is 6.92 Å². The van der Waals surface area contributed by atoms with E-state index in [-0.39, 0.29) is 5.91 Å². The summed E-state index contributed by atoms with van der Waals surface area (Å²) in [6.45, 7) is 1.92. The van der Waals surface area contributed by atoms with Gasteiger partial charge in [0.15, 0.2) is 0 Å². The fourth-order valence-corrected chi connectivity index (χ4v) is 1.82. The first-order valence-electron chi connectivity index (χ1n) is 5.55. The van der Waals surface area contributed by atoms with Crippen LogP contribution in [0.15, 0.2) is 34.9 Å². The highest BCUT2D eigenvalue weighted by atomic mass is 79.9. The fraction of sp³-hybridized carbons (Fsp3) is 0.0769. The number of halogens is 1. The third kappa shape index (κ3) is 3.23. The molecule has 2 aromatic rings. The maximum Gasteiger partial charge on any atom is 0.256 e. The SMILES string of the molecule is Cc1cc(NC(=O)c2cc(N)cc(N)c2)ncc1Br. The van der Waals surface area contributed by atoms with Crippen molar-refractivity contribution in [3.05, 3.63) is 46.1 Å². The van der Waals surface area contributed by atoms with Crippen LogP contribution in [0.1, 0.15) is 15.9 Å². The molecular weight excluding hydrogens is 308 g/mol. The summed E-state index contributed by atoms with van der Waals surface area (Å²) in [7, 11) is 0. The number of amides is 1. The second-order valence-corrected chi connectivity index (χ2v) is 5.02. The van der Waals surface area contributed by atoms with Crippen molar-refractivity contribution in [3.63, 3.8) is 0 Å². The second kappa shape index (κ2) is 5.27. The van der Waals surface area contributed by atoms with Gasteiger partial charge in [0.1, 0.15) is 5.82 Å². The van der Waals surface area contributed by atoms with Crippen LogP contribution in [0, 0.1) is 6.92 Å². The summed E-state index contributed by atoms with van der Waals surface area (Å²) in [6, 6.07) is 6.51. The lowest BCUT2D eigenvalue weighted by molar-refractivity contribution is 0.102. The summed E-state index contributed by atoms with van der Waals surface area (Å²) in [5.41, 5.74) is 13.6. The van der Waals surface area contributed by atoms with Gasteiger partial charge in [-0.15, -0.1) is 0 Å². The summed E-state index contributed by atoms with van der Waals surface area (Å²) in [5, 5.41) is 2.70. The normalized spacial score (nSPS) is 10.2. The Labute approximate surface area is 119 Å². The molecule has 5 nitrogen and oxygen atoms in total. The maximum absolute atomic E-state index is 12.0. The number of nitrogens with two attached hydrogens (primary N) is 2. The molecule has 2 rings (SSSR count). The molecule has 98 valence electrons. The van der Waals surface area contributed by atoms with Gasteiger partial charge in [-0.25, -0.2) is 4.98 Å². The molecule has 0 radical (unpaired) electrons. The second-order valence-electron chi connectivity index (χ2n) is 4.16. The van der Waals surface area contributed by atoms with E-state index in [1.165, 1.54) is 0 Å². The first-order valence-corrected chi connectivity index (χ1v) is 6.34. The molecule has 0 saturated carbocycles. The number of nitrogens with one attached hydrogen (secondary N) is 1. The zero-order valence-electron chi connectivity index (χ0n) is 10.3. The standard InChI is InChI=1S/C13H13BrN4O/c1-7-2-12(17-6-11(7)14)18-13(19)8-3-9(15)5-10(16)4-8/h2-6H,15-16H2,1H3,(H,17,18,19). The van der Waals surface area contributed by atoms with E-state index in [1.807, 2.05) is 6.92 Å². The van der Waals surface area contributed by atoms with E-state index in [1.54, 1.807) is 30.5 Å². The van der Waals surface area contributed by atoms with Gasteiger partial charge in [0.2, 0.25) is 0 Å². The zero-order chi connectivity index (χ0) is 14.0. The Balaban J connectivity index is 2.22. The van der Waals surface area contributed by atoms with Crippen molar-refractivity contribution < 1.29 is 4.79 Å². The van der Waals surface area contributed by atoms with E-state index in [2.05, 4.69) is 26.2 Å². The van der Waals surface area contributed by atoms with Crippen molar-refractivity contribution >= 4 is 39.0 Å². The lowest BCUT2D eigenvalue weighted by atomic mass is 10.1. The highest BCUT2D eigenvalue weighted by Gasteiger charge is 2.09. The van der Waals surface area contributed by atoms with Gasteiger partial charge in [-0.1, -0.05) is 0 Å². The van der Waals surface area contributed by atoms with E-state index in [0.29, 0.717) is 22.8 Å². The van der Waals surface area contributed by atoms with Crippen LogP contribution in [0.3, 0.4) is 0 Å².